The Labute approximate surface area is 127 Å². The summed E-state index contributed by atoms with van der Waals surface area (Å²) >= 11 is 0. The van der Waals surface area contributed by atoms with E-state index < -0.39 is 6.10 Å². The third-order valence-electron chi connectivity index (χ3n) is 4.39. The van der Waals surface area contributed by atoms with Crippen molar-refractivity contribution in [2.24, 2.45) is 5.92 Å². The van der Waals surface area contributed by atoms with Crippen molar-refractivity contribution in [2.75, 3.05) is 38.6 Å². The Balaban J connectivity index is 2.14. The predicted octanol–water partition coefficient (Wildman–Crippen LogP) is 2.39. The Kier molecular flexibility index (Phi) is 5.22. The molecule has 1 aromatic rings. The minimum absolute atomic E-state index is 0.521. The zero-order valence-corrected chi connectivity index (χ0v) is 13.2. The van der Waals surface area contributed by atoms with Crippen molar-refractivity contribution < 1.29 is 5.11 Å². The summed E-state index contributed by atoms with van der Waals surface area (Å²) in [4.78, 5) is 4.56. The van der Waals surface area contributed by atoms with Crippen LogP contribution in [0.5, 0.6) is 0 Å². The van der Waals surface area contributed by atoms with Gasteiger partial charge in [0.1, 0.15) is 0 Å². The molecule has 1 aromatic carbocycles. The average molecular weight is 287 g/mol. The van der Waals surface area contributed by atoms with E-state index in [4.69, 9.17) is 5.26 Å². The highest BCUT2D eigenvalue weighted by Crippen LogP contribution is 2.28. The summed E-state index contributed by atoms with van der Waals surface area (Å²) in [5.74, 6) is 0.679. The first kappa shape index (κ1) is 15.8. The second-order valence-corrected chi connectivity index (χ2v) is 6.19. The van der Waals surface area contributed by atoms with Crippen LogP contribution < -0.4 is 4.90 Å². The number of anilines is 1. The van der Waals surface area contributed by atoms with Gasteiger partial charge < -0.3 is 14.9 Å². The van der Waals surface area contributed by atoms with E-state index in [-0.39, 0.29) is 0 Å². The highest BCUT2D eigenvalue weighted by atomic mass is 16.3. The summed E-state index contributed by atoms with van der Waals surface area (Å²) in [5, 5.41) is 19.0. The minimum Gasteiger partial charge on any atom is -0.389 e. The fourth-order valence-electron chi connectivity index (χ4n) is 3.03. The van der Waals surface area contributed by atoms with Gasteiger partial charge >= 0.3 is 0 Å². The van der Waals surface area contributed by atoms with Crippen LogP contribution in [0.15, 0.2) is 18.2 Å². The summed E-state index contributed by atoms with van der Waals surface area (Å²) in [7, 11) is 4.22. The van der Waals surface area contributed by atoms with Crippen molar-refractivity contribution in [3.63, 3.8) is 0 Å². The number of nitriles is 1. The van der Waals surface area contributed by atoms with Crippen LogP contribution >= 0.6 is 0 Å². The van der Waals surface area contributed by atoms with Gasteiger partial charge in [0, 0.05) is 24.8 Å². The molecular weight excluding hydrogens is 262 g/mol. The number of rotatable bonds is 4. The van der Waals surface area contributed by atoms with Gasteiger partial charge in [0.15, 0.2) is 0 Å². The Morgan fingerprint density at radius 2 is 2.10 bits per heavy atom. The Morgan fingerprint density at radius 3 is 2.67 bits per heavy atom. The number of likely N-dealkylation sites (tertiary alicyclic amines) is 1. The van der Waals surface area contributed by atoms with Crippen LogP contribution in [-0.4, -0.2) is 43.7 Å². The maximum atomic E-state index is 9.94. The van der Waals surface area contributed by atoms with Crippen LogP contribution in [0.4, 0.5) is 5.69 Å². The molecule has 4 heteroatoms. The van der Waals surface area contributed by atoms with E-state index in [2.05, 4.69) is 30.0 Å². The first-order valence-electron chi connectivity index (χ1n) is 7.63. The van der Waals surface area contributed by atoms with Gasteiger partial charge in [-0.1, -0.05) is 6.07 Å². The molecule has 4 nitrogen and oxygen atoms in total. The molecule has 0 amide bonds. The number of hydrogen-bond acceptors (Lipinski definition) is 4. The molecule has 1 heterocycles. The van der Waals surface area contributed by atoms with E-state index in [1.807, 2.05) is 12.1 Å². The fourth-order valence-corrected chi connectivity index (χ4v) is 3.03. The maximum Gasteiger partial charge on any atom is 0.0992 e. The number of aliphatic hydroxyl groups is 1. The molecule has 2 rings (SSSR count). The lowest BCUT2D eigenvalue weighted by Gasteiger charge is -2.33. The predicted molar refractivity (Wildman–Crippen MR) is 85.3 cm³/mol. The third-order valence-corrected chi connectivity index (χ3v) is 4.39. The Bertz CT molecular complexity index is 513. The molecule has 0 radical (unpaired) electrons. The van der Waals surface area contributed by atoms with Gasteiger partial charge in [-0.2, -0.15) is 5.26 Å². The molecule has 0 aliphatic carbocycles. The first-order valence-corrected chi connectivity index (χ1v) is 7.63. The summed E-state index contributed by atoms with van der Waals surface area (Å²) < 4.78 is 0. The van der Waals surface area contributed by atoms with Crippen molar-refractivity contribution in [1.82, 2.24) is 4.90 Å². The van der Waals surface area contributed by atoms with E-state index in [1.165, 1.54) is 12.8 Å². The van der Waals surface area contributed by atoms with Crippen LogP contribution in [0.2, 0.25) is 0 Å². The topological polar surface area (TPSA) is 50.5 Å². The van der Waals surface area contributed by atoms with Crippen LogP contribution in [0, 0.1) is 17.2 Å². The lowest BCUT2D eigenvalue weighted by molar-refractivity contribution is 0.199. The number of aliphatic hydroxyl groups excluding tert-OH is 1. The van der Waals surface area contributed by atoms with Crippen molar-refractivity contribution in [3.8, 4) is 6.07 Å². The lowest BCUT2D eigenvalue weighted by atomic mass is 9.96. The van der Waals surface area contributed by atoms with Gasteiger partial charge in [0.2, 0.25) is 0 Å². The monoisotopic (exact) mass is 287 g/mol. The van der Waals surface area contributed by atoms with Gasteiger partial charge in [0.25, 0.3) is 0 Å². The number of nitrogens with zero attached hydrogens (tertiary/aromatic N) is 3. The van der Waals surface area contributed by atoms with E-state index in [0.29, 0.717) is 11.5 Å². The molecule has 0 saturated carbocycles. The van der Waals surface area contributed by atoms with E-state index in [1.54, 1.807) is 13.0 Å². The molecule has 21 heavy (non-hydrogen) atoms. The van der Waals surface area contributed by atoms with Gasteiger partial charge in [-0.15, -0.1) is 0 Å². The van der Waals surface area contributed by atoms with Crippen molar-refractivity contribution >= 4 is 5.69 Å². The summed E-state index contributed by atoms with van der Waals surface area (Å²) in [6, 6.07) is 7.71. The molecule has 0 aromatic heterocycles. The Hall–Kier alpha value is -1.57. The van der Waals surface area contributed by atoms with E-state index in [9.17, 15) is 5.11 Å². The highest BCUT2D eigenvalue weighted by molar-refractivity contribution is 5.58. The van der Waals surface area contributed by atoms with Crippen molar-refractivity contribution in [2.45, 2.75) is 25.9 Å². The number of benzene rings is 1. The SMILES string of the molecule is C[C@H](O)c1ccc(C#N)cc1N(C)CC1CCN(C)CC1. The van der Waals surface area contributed by atoms with E-state index >= 15 is 0 Å². The lowest BCUT2D eigenvalue weighted by Crippen LogP contribution is -2.36. The molecular formula is C17H25N3O. The largest absolute Gasteiger partial charge is 0.389 e. The van der Waals surface area contributed by atoms with Gasteiger partial charge in [-0.05, 0) is 58.0 Å². The zero-order valence-electron chi connectivity index (χ0n) is 13.2. The minimum atomic E-state index is -0.521. The van der Waals surface area contributed by atoms with Gasteiger partial charge in [-0.3, -0.25) is 0 Å². The molecule has 1 aliphatic heterocycles. The van der Waals surface area contributed by atoms with Crippen LogP contribution in [0.3, 0.4) is 0 Å². The third kappa shape index (κ3) is 3.96. The van der Waals surface area contributed by atoms with Crippen LogP contribution in [0.25, 0.3) is 0 Å². The van der Waals surface area contributed by atoms with Crippen LogP contribution in [-0.2, 0) is 0 Å². The van der Waals surface area contributed by atoms with Gasteiger partial charge in [0.05, 0.1) is 17.7 Å². The number of hydrogen-bond donors (Lipinski definition) is 1. The molecule has 114 valence electrons. The molecule has 1 N–H and O–H groups in total. The van der Waals surface area contributed by atoms with Crippen molar-refractivity contribution in [3.05, 3.63) is 29.3 Å². The quantitative estimate of drug-likeness (QED) is 0.924. The fraction of sp³-hybridized carbons (Fsp3) is 0.588. The molecule has 0 unspecified atom stereocenters. The molecule has 1 aliphatic rings. The second kappa shape index (κ2) is 6.93. The van der Waals surface area contributed by atoms with Crippen molar-refractivity contribution in [1.29, 1.82) is 5.26 Å². The second-order valence-electron chi connectivity index (χ2n) is 6.19. The summed E-state index contributed by atoms with van der Waals surface area (Å²) in [5.41, 5.74) is 2.51. The molecule has 1 saturated heterocycles. The average Bonchev–Trinajstić information content (AvgIpc) is 2.48. The highest BCUT2D eigenvalue weighted by Gasteiger charge is 2.20. The van der Waals surface area contributed by atoms with E-state index in [0.717, 1.165) is 30.9 Å². The maximum absolute atomic E-state index is 9.94. The Morgan fingerprint density at radius 1 is 1.43 bits per heavy atom. The summed E-state index contributed by atoms with van der Waals surface area (Å²) in [6.45, 7) is 5.05. The molecule has 1 fully saturated rings. The molecule has 0 spiro atoms. The normalized spacial score (nSPS) is 18.2. The molecule has 0 bridgehead atoms. The zero-order chi connectivity index (χ0) is 15.4. The number of piperidine rings is 1. The van der Waals surface area contributed by atoms with Crippen LogP contribution in [0.1, 0.15) is 37.0 Å². The first-order chi connectivity index (χ1) is 10.0. The smallest absolute Gasteiger partial charge is 0.0992 e. The van der Waals surface area contributed by atoms with Gasteiger partial charge in [-0.25, -0.2) is 0 Å². The summed E-state index contributed by atoms with van der Waals surface area (Å²) in [6.07, 6.45) is 1.90. The molecule has 1 atom stereocenters. The standard InChI is InChI=1S/C17H25N3O/c1-13(21)16-5-4-15(11-18)10-17(16)20(3)12-14-6-8-19(2)9-7-14/h4-5,10,13-14,21H,6-9,12H2,1-3H3/t13-/m0/s1.